The maximum atomic E-state index is 5.18. The van der Waals surface area contributed by atoms with Gasteiger partial charge in [0.15, 0.2) is 0 Å². The van der Waals surface area contributed by atoms with Gasteiger partial charge < -0.3 is 0 Å². The van der Waals surface area contributed by atoms with E-state index in [2.05, 4.69) is 186 Å². The SMILES string of the molecule is CC[C@H]1CC[C@H](C2CC=C(c3ccc([S])cc3)CC2)CC1.CC[C@H]1CC[C@H](C2CC=C(c3ccc([S])cc3)CC2)CC1.CC[C@H]1CC[C@H](C2CC=C(c3ccc([S])cc3)CC2)CC1.CC[C@H]1CC[C@H](C2CC=C(c3ccc([S])cc3)CC2)CC1.CC[C@H]1CC[C@H](C2CC=C(c3ccc([S])cc3)CC2)CC1.F.F.F.F.F. The summed E-state index contributed by atoms with van der Waals surface area (Å²) in [6, 6.07) is 42.5. The number of hydrogen-bond acceptors (Lipinski definition) is 0. The van der Waals surface area contributed by atoms with Crippen LogP contribution in [0.5, 0.6) is 0 Å². The Morgan fingerprint density at radius 2 is 0.327 bits per heavy atom. The first kappa shape index (κ1) is 94.4. The Kier molecular flexibility index (Phi) is 42.4. The molecule has 5 fully saturated rings. The van der Waals surface area contributed by atoms with Gasteiger partial charge in [-0.2, -0.15) is 0 Å². The fourth-order valence-electron chi connectivity index (χ4n) is 21.4. The predicted octanol–water partition coefficient (Wildman–Crippen LogP) is 34.0. The minimum absolute atomic E-state index is 0. The van der Waals surface area contributed by atoms with Crippen molar-refractivity contribution in [2.45, 2.75) is 316 Å². The molecule has 15 rings (SSSR count). The Labute approximate surface area is 693 Å². The van der Waals surface area contributed by atoms with Crippen LogP contribution in [-0.4, -0.2) is 0 Å². The molecule has 5 unspecified atom stereocenters. The van der Waals surface area contributed by atoms with Crippen LogP contribution in [0.4, 0.5) is 23.5 Å². The quantitative estimate of drug-likeness (QED) is 0.0917. The molecule has 0 amide bonds. The minimum Gasteiger partial charge on any atom is -0.269 e. The second-order valence-electron chi connectivity index (χ2n) is 34.9. The van der Waals surface area contributed by atoms with Crippen molar-refractivity contribution in [3.63, 3.8) is 0 Å². The monoisotopic (exact) mass is 1600 g/mol. The average Bonchev–Trinajstić information content (AvgIpc) is 0.854. The number of allylic oxidation sites excluding steroid dienone is 10. The zero-order valence-electron chi connectivity index (χ0n) is 68.0. The number of halogens is 5. The summed E-state index contributed by atoms with van der Waals surface area (Å²) in [5.74, 6) is 14.9. The van der Waals surface area contributed by atoms with Crippen LogP contribution in [0.2, 0.25) is 0 Å². The Morgan fingerprint density at radius 1 is 0.191 bits per heavy atom. The molecule has 0 nitrogen and oxygen atoms in total. The maximum Gasteiger partial charge on any atom is 0.0377 e. The van der Waals surface area contributed by atoms with Gasteiger partial charge in [0.25, 0.3) is 0 Å². The highest BCUT2D eigenvalue weighted by Crippen LogP contribution is 2.48. The van der Waals surface area contributed by atoms with Gasteiger partial charge in [0.1, 0.15) is 0 Å². The van der Waals surface area contributed by atoms with E-state index in [0.29, 0.717) is 0 Å². The molecular weight excluding hydrogens is 1460 g/mol. The molecule has 110 heavy (non-hydrogen) atoms. The third-order valence-corrected chi connectivity index (χ3v) is 30.4. The van der Waals surface area contributed by atoms with Gasteiger partial charge in [-0.25, -0.2) is 0 Å². The zero-order chi connectivity index (χ0) is 73.3. The molecule has 10 heteroatoms. The molecule has 0 saturated heterocycles. The van der Waals surface area contributed by atoms with Gasteiger partial charge in [-0.3, -0.25) is 23.5 Å². The molecule has 0 spiro atoms. The summed E-state index contributed by atoms with van der Waals surface area (Å²) < 4.78 is 0. The molecule has 0 bridgehead atoms. The summed E-state index contributed by atoms with van der Waals surface area (Å²) >= 11 is 25.9. The van der Waals surface area contributed by atoms with Gasteiger partial charge >= 0.3 is 0 Å². The third-order valence-electron chi connectivity index (χ3n) is 29.1. The standard InChI is InChI=1S/5C20H27S.5FH/c5*1-2-15-3-5-16(6-4-15)17-7-9-18(10-8-17)19-11-13-20(21)14-12-19;;;;;/h5*9,11-17H,2-8,10H2,1H3;5*1H/t5*15-,16-,17?;;;;;. The van der Waals surface area contributed by atoms with Crippen LogP contribution in [0, 0.1) is 88.8 Å². The fraction of sp³-hybridized carbons (Fsp3) is 0.600. The molecule has 10 aliphatic rings. The van der Waals surface area contributed by atoms with Crippen molar-refractivity contribution >= 4 is 91.0 Å². The van der Waals surface area contributed by atoms with Gasteiger partial charge in [-0.1, -0.05) is 285 Å². The molecule has 0 N–H and O–H groups in total. The van der Waals surface area contributed by atoms with Gasteiger partial charge in [-0.15, -0.1) is 0 Å². The maximum absolute atomic E-state index is 5.18. The van der Waals surface area contributed by atoms with Gasteiger partial charge in [0, 0.05) is 24.5 Å². The lowest BCUT2D eigenvalue weighted by Crippen LogP contribution is -2.22. The van der Waals surface area contributed by atoms with Crippen LogP contribution >= 0.6 is 63.1 Å². The molecular formula is C100H140F5S5. The highest BCUT2D eigenvalue weighted by Gasteiger charge is 2.34. The summed E-state index contributed by atoms with van der Waals surface area (Å²) in [7, 11) is 0. The third kappa shape index (κ3) is 28.5. The van der Waals surface area contributed by atoms with E-state index in [4.69, 9.17) is 63.1 Å². The van der Waals surface area contributed by atoms with E-state index in [1.54, 1.807) is 27.9 Å². The van der Waals surface area contributed by atoms with Gasteiger partial charge in [-0.05, 0) is 366 Å². The lowest BCUT2D eigenvalue weighted by molar-refractivity contribution is 0.192. The Bertz CT molecular complexity index is 2960. The molecule has 5 aromatic rings. The van der Waals surface area contributed by atoms with Crippen molar-refractivity contribution in [2.24, 2.45) is 88.8 Å². The van der Waals surface area contributed by atoms with Crippen LogP contribution < -0.4 is 0 Å². The van der Waals surface area contributed by atoms with E-state index in [1.165, 1.54) is 285 Å². The summed E-state index contributed by atoms with van der Waals surface area (Å²) in [6.07, 6.45) is 68.9. The highest BCUT2D eigenvalue weighted by molar-refractivity contribution is 7.81. The topological polar surface area (TPSA) is 0 Å². The molecule has 5 aromatic carbocycles. The normalized spacial score (nSPS) is 28.6. The molecule has 0 aliphatic heterocycles. The van der Waals surface area contributed by atoms with E-state index in [9.17, 15) is 0 Å². The molecule has 0 aromatic heterocycles. The first-order valence-electron chi connectivity index (χ1n) is 43.6. The van der Waals surface area contributed by atoms with Crippen molar-refractivity contribution in [3.8, 4) is 0 Å². The smallest absolute Gasteiger partial charge is 0.0377 e. The second kappa shape index (κ2) is 49.5. The molecule has 5 saturated carbocycles. The van der Waals surface area contributed by atoms with E-state index in [-0.39, 0.29) is 23.5 Å². The summed E-state index contributed by atoms with van der Waals surface area (Å²) in [4.78, 5) is 4.73. The van der Waals surface area contributed by atoms with E-state index in [1.807, 2.05) is 0 Å². The molecule has 0 heterocycles. The van der Waals surface area contributed by atoms with E-state index < -0.39 is 0 Å². The fourth-order valence-corrected chi connectivity index (χ4v) is 22.1. The summed E-state index contributed by atoms with van der Waals surface area (Å²) in [5.41, 5.74) is 14.7. The first-order chi connectivity index (χ1) is 51.3. The Hall–Kier alpha value is -4.45. The van der Waals surface area contributed by atoms with E-state index >= 15 is 0 Å². The van der Waals surface area contributed by atoms with Crippen LogP contribution in [0.1, 0.15) is 319 Å². The van der Waals surface area contributed by atoms with Crippen molar-refractivity contribution in [2.75, 3.05) is 0 Å². The Morgan fingerprint density at radius 3 is 0.436 bits per heavy atom. The Balaban J connectivity index is 0.000000212. The van der Waals surface area contributed by atoms with E-state index in [0.717, 1.165) is 113 Å². The first-order valence-corrected chi connectivity index (χ1v) is 45.7. The molecule has 5 atom stereocenters. The largest absolute Gasteiger partial charge is 0.269 e. The van der Waals surface area contributed by atoms with Crippen molar-refractivity contribution in [3.05, 3.63) is 180 Å². The zero-order valence-corrected chi connectivity index (χ0v) is 72.0. The molecule has 10 aliphatic carbocycles. The minimum atomic E-state index is 0. The van der Waals surface area contributed by atoms with Crippen LogP contribution in [0.15, 0.2) is 176 Å². The lowest BCUT2D eigenvalue weighted by atomic mass is 9.70. The highest BCUT2D eigenvalue weighted by atomic mass is 32.1. The molecule has 605 valence electrons. The van der Waals surface area contributed by atoms with Crippen LogP contribution in [0.25, 0.3) is 27.9 Å². The lowest BCUT2D eigenvalue weighted by Gasteiger charge is -2.35. The second-order valence-corrected chi connectivity index (χ2v) is 37.2. The van der Waals surface area contributed by atoms with Gasteiger partial charge in [0.05, 0.1) is 0 Å². The predicted molar refractivity (Wildman–Crippen MR) is 479 cm³/mol. The summed E-state index contributed by atoms with van der Waals surface area (Å²) in [6.45, 7) is 11.8. The number of rotatable bonds is 15. The average molecular weight is 1600 g/mol. The van der Waals surface area contributed by atoms with Crippen LogP contribution in [-0.2, 0) is 0 Å². The van der Waals surface area contributed by atoms with Crippen molar-refractivity contribution < 1.29 is 23.5 Å². The van der Waals surface area contributed by atoms with Crippen LogP contribution in [0.3, 0.4) is 0 Å². The van der Waals surface area contributed by atoms with Crippen molar-refractivity contribution in [1.29, 1.82) is 0 Å². The molecule has 5 radical (unpaired) electrons. The summed E-state index contributed by atoms with van der Waals surface area (Å²) in [5, 5.41) is 0. The van der Waals surface area contributed by atoms with Crippen molar-refractivity contribution in [1.82, 2.24) is 0 Å². The van der Waals surface area contributed by atoms with Gasteiger partial charge in [0.2, 0.25) is 0 Å². The number of benzene rings is 5. The number of hydrogen-bond donors (Lipinski definition) is 0.